The Balaban J connectivity index is 1.26. The lowest BCUT2D eigenvalue weighted by Crippen LogP contribution is -2.01. The molecular formula is C43H44N4O. The molecule has 0 saturated carbocycles. The van der Waals surface area contributed by atoms with Crippen LogP contribution in [0.2, 0.25) is 0 Å². The summed E-state index contributed by atoms with van der Waals surface area (Å²) in [6.07, 6.45) is 7.08. The van der Waals surface area contributed by atoms with Gasteiger partial charge in [0.15, 0.2) is 0 Å². The van der Waals surface area contributed by atoms with Crippen molar-refractivity contribution in [1.29, 1.82) is 0 Å². The SMILES string of the molecule is Cc1cc(Oc2ccc3c4ccccc4n(-c4cc(CC(C)C)ccn4)c3c2)cc(-n2cc(-c3c(C(C)C)cccc3C(C)C)cn2)c1. The first-order chi connectivity index (χ1) is 23.2. The average Bonchev–Trinajstić information content (AvgIpc) is 3.67. The van der Waals surface area contributed by atoms with Gasteiger partial charge < -0.3 is 4.74 Å². The molecule has 0 amide bonds. The van der Waals surface area contributed by atoms with Gasteiger partial charge in [0, 0.05) is 40.9 Å². The van der Waals surface area contributed by atoms with Gasteiger partial charge in [-0.3, -0.25) is 4.57 Å². The standard InChI is InChI=1S/C43H44N4O/c1-27(2)19-31-17-18-44-42(22-31)47-40-14-9-8-11-38(40)39-16-15-34(24-41(39)47)48-35-21-30(7)20-33(23-35)46-26-32(25-45-46)43-36(28(3)4)12-10-13-37(43)29(5)6/h8-18,20-29H,19H2,1-7H3. The van der Waals surface area contributed by atoms with Crippen molar-refractivity contribution in [1.82, 2.24) is 19.3 Å². The van der Waals surface area contributed by atoms with Gasteiger partial charge in [-0.15, -0.1) is 0 Å². The van der Waals surface area contributed by atoms with Gasteiger partial charge >= 0.3 is 0 Å². The Morgan fingerprint density at radius 1 is 0.708 bits per heavy atom. The zero-order chi connectivity index (χ0) is 33.5. The van der Waals surface area contributed by atoms with Crippen molar-refractivity contribution in [2.24, 2.45) is 5.92 Å². The van der Waals surface area contributed by atoms with Gasteiger partial charge in [0.05, 0.1) is 22.9 Å². The molecule has 4 aromatic carbocycles. The van der Waals surface area contributed by atoms with Crippen LogP contribution in [-0.2, 0) is 6.42 Å². The predicted octanol–water partition coefficient (Wildman–Crippen LogP) is 11.6. The molecular weight excluding hydrogens is 589 g/mol. The van der Waals surface area contributed by atoms with E-state index in [0.29, 0.717) is 17.8 Å². The van der Waals surface area contributed by atoms with Crippen LogP contribution in [0.15, 0.2) is 110 Å². The van der Waals surface area contributed by atoms with Crippen molar-refractivity contribution in [3.63, 3.8) is 0 Å². The molecule has 0 aliphatic carbocycles. The average molecular weight is 633 g/mol. The number of aryl methyl sites for hydroxylation is 1. The Hall–Kier alpha value is -5.16. The Morgan fingerprint density at radius 3 is 2.21 bits per heavy atom. The van der Waals surface area contributed by atoms with Crippen molar-refractivity contribution in [2.75, 3.05) is 0 Å². The summed E-state index contributed by atoms with van der Waals surface area (Å²) >= 11 is 0. The highest BCUT2D eigenvalue weighted by molar-refractivity contribution is 6.09. The molecule has 0 atom stereocenters. The largest absolute Gasteiger partial charge is 0.457 e. The minimum absolute atomic E-state index is 0.414. The van der Waals surface area contributed by atoms with Crippen molar-refractivity contribution in [3.8, 4) is 34.1 Å². The van der Waals surface area contributed by atoms with Gasteiger partial charge in [-0.25, -0.2) is 9.67 Å². The van der Waals surface area contributed by atoms with Gasteiger partial charge in [-0.05, 0) is 101 Å². The number of rotatable bonds is 9. The van der Waals surface area contributed by atoms with Crippen LogP contribution in [0.5, 0.6) is 11.5 Å². The number of nitrogens with zero attached hydrogens (tertiary/aromatic N) is 4. The quantitative estimate of drug-likeness (QED) is 0.159. The lowest BCUT2D eigenvalue weighted by atomic mass is 9.86. The third kappa shape index (κ3) is 6.01. The number of hydrogen-bond acceptors (Lipinski definition) is 3. The maximum absolute atomic E-state index is 6.61. The van der Waals surface area contributed by atoms with E-state index in [1.54, 1.807) is 0 Å². The Labute approximate surface area is 283 Å². The molecule has 7 rings (SSSR count). The molecule has 5 nitrogen and oxygen atoms in total. The molecule has 7 aromatic rings. The highest BCUT2D eigenvalue weighted by Crippen LogP contribution is 2.38. The predicted molar refractivity (Wildman–Crippen MR) is 199 cm³/mol. The second-order valence-electron chi connectivity index (χ2n) is 14.1. The normalized spacial score (nSPS) is 11.9. The van der Waals surface area contributed by atoms with E-state index in [0.717, 1.165) is 51.6 Å². The summed E-state index contributed by atoms with van der Waals surface area (Å²) in [4.78, 5) is 4.83. The second kappa shape index (κ2) is 12.8. The van der Waals surface area contributed by atoms with Crippen molar-refractivity contribution in [3.05, 3.63) is 132 Å². The first-order valence-corrected chi connectivity index (χ1v) is 17.1. The molecule has 0 fully saturated rings. The summed E-state index contributed by atoms with van der Waals surface area (Å²) in [6.45, 7) is 15.6. The molecule has 242 valence electrons. The van der Waals surface area contributed by atoms with Gasteiger partial charge in [0.1, 0.15) is 17.3 Å². The van der Waals surface area contributed by atoms with Gasteiger partial charge in [0.25, 0.3) is 0 Å². The summed E-state index contributed by atoms with van der Waals surface area (Å²) in [5.74, 6) is 3.86. The highest BCUT2D eigenvalue weighted by Gasteiger charge is 2.18. The highest BCUT2D eigenvalue weighted by atomic mass is 16.5. The van der Waals surface area contributed by atoms with E-state index in [2.05, 4.69) is 150 Å². The molecule has 3 heterocycles. The number of aromatic nitrogens is 4. The minimum atomic E-state index is 0.414. The zero-order valence-electron chi connectivity index (χ0n) is 29.0. The van der Waals surface area contributed by atoms with Crippen LogP contribution in [0.25, 0.3) is 44.4 Å². The van der Waals surface area contributed by atoms with Crippen molar-refractivity contribution >= 4 is 21.8 Å². The Morgan fingerprint density at radius 2 is 1.46 bits per heavy atom. The summed E-state index contributed by atoms with van der Waals surface area (Å²) < 4.78 is 10.8. The van der Waals surface area contributed by atoms with Gasteiger partial charge in [-0.1, -0.05) is 77.9 Å². The van der Waals surface area contributed by atoms with E-state index in [1.807, 2.05) is 17.1 Å². The molecule has 0 aliphatic rings. The van der Waals surface area contributed by atoms with E-state index in [1.165, 1.54) is 33.0 Å². The summed E-state index contributed by atoms with van der Waals surface area (Å²) in [6, 6.07) is 32.2. The van der Waals surface area contributed by atoms with E-state index in [9.17, 15) is 0 Å². The third-order valence-electron chi connectivity index (χ3n) is 9.11. The van der Waals surface area contributed by atoms with Gasteiger partial charge in [0.2, 0.25) is 0 Å². The summed E-state index contributed by atoms with van der Waals surface area (Å²) in [5.41, 5.74) is 10.7. The van der Waals surface area contributed by atoms with Crippen LogP contribution >= 0.6 is 0 Å². The molecule has 0 bridgehead atoms. The molecule has 48 heavy (non-hydrogen) atoms. The molecule has 0 unspecified atom stereocenters. The molecule has 3 aromatic heterocycles. The Bertz CT molecular complexity index is 2230. The van der Waals surface area contributed by atoms with E-state index < -0.39 is 0 Å². The summed E-state index contributed by atoms with van der Waals surface area (Å²) in [5, 5.41) is 7.21. The number of para-hydroxylation sites is 1. The lowest BCUT2D eigenvalue weighted by molar-refractivity contribution is 0.482. The van der Waals surface area contributed by atoms with Crippen molar-refractivity contribution < 1.29 is 4.74 Å². The molecule has 0 aliphatic heterocycles. The maximum Gasteiger partial charge on any atom is 0.137 e. The monoisotopic (exact) mass is 632 g/mol. The fraction of sp³-hybridized carbons (Fsp3) is 0.256. The molecule has 5 heteroatoms. The number of hydrogen-bond donors (Lipinski definition) is 0. The molecule has 0 saturated heterocycles. The third-order valence-corrected chi connectivity index (χ3v) is 9.11. The topological polar surface area (TPSA) is 44.9 Å². The fourth-order valence-corrected chi connectivity index (χ4v) is 6.98. The smallest absolute Gasteiger partial charge is 0.137 e. The number of pyridine rings is 1. The van der Waals surface area contributed by atoms with Crippen LogP contribution in [0.4, 0.5) is 0 Å². The summed E-state index contributed by atoms with van der Waals surface area (Å²) in [7, 11) is 0. The second-order valence-corrected chi connectivity index (χ2v) is 14.1. The van der Waals surface area contributed by atoms with E-state index in [-0.39, 0.29) is 0 Å². The molecule has 0 radical (unpaired) electrons. The lowest BCUT2D eigenvalue weighted by Gasteiger charge is -2.18. The van der Waals surface area contributed by atoms with Gasteiger partial charge in [-0.2, -0.15) is 5.10 Å². The molecule has 0 N–H and O–H groups in total. The van der Waals surface area contributed by atoms with E-state index in [4.69, 9.17) is 14.8 Å². The van der Waals surface area contributed by atoms with Crippen LogP contribution in [0.1, 0.15) is 75.6 Å². The number of fused-ring (bicyclic) bond motifs is 3. The molecule has 0 spiro atoms. The first-order valence-electron chi connectivity index (χ1n) is 17.1. The maximum atomic E-state index is 6.61. The zero-order valence-corrected chi connectivity index (χ0v) is 29.0. The van der Waals surface area contributed by atoms with E-state index >= 15 is 0 Å². The van der Waals surface area contributed by atoms with Crippen molar-refractivity contribution in [2.45, 2.75) is 66.7 Å². The number of benzene rings is 4. The van der Waals surface area contributed by atoms with Crippen LogP contribution in [0, 0.1) is 12.8 Å². The fourth-order valence-electron chi connectivity index (χ4n) is 6.98. The van der Waals surface area contributed by atoms with Crippen LogP contribution in [0.3, 0.4) is 0 Å². The Kier molecular flexibility index (Phi) is 8.38. The van der Waals surface area contributed by atoms with Crippen LogP contribution in [-0.4, -0.2) is 19.3 Å². The van der Waals surface area contributed by atoms with Crippen LogP contribution < -0.4 is 4.74 Å². The first kappa shape index (κ1) is 31.4. The number of ether oxygens (including phenoxy) is 1. The minimum Gasteiger partial charge on any atom is -0.457 e.